The fourth-order valence-corrected chi connectivity index (χ4v) is 3.74. The lowest BCUT2D eigenvalue weighted by molar-refractivity contribution is -0.384. The van der Waals surface area contributed by atoms with E-state index in [4.69, 9.17) is 10.2 Å². The van der Waals surface area contributed by atoms with Gasteiger partial charge in [0, 0.05) is 25.1 Å². The molecule has 27 heavy (non-hydrogen) atoms. The third-order valence-corrected chi connectivity index (χ3v) is 5.21. The average Bonchev–Trinajstić information content (AvgIpc) is 2.96. The van der Waals surface area contributed by atoms with Crippen LogP contribution >= 0.6 is 0 Å². The SMILES string of the molecule is NCC1CCCCC1NC(=O)CCCn1c(=O)oc2cc([N+](=O)[O-])ccc21. The number of nitrogens with one attached hydrogen (secondary N) is 1. The second kappa shape index (κ2) is 8.34. The average molecular weight is 376 g/mol. The smallest absolute Gasteiger partial charge is 0.407 e. The monoisotopic (exact) mass is 376 g/mol. The molecular formula is C18H24N4O5. The van der Waals surface area contributed by atoms with Crippen molar-refractivity contribution in [1.29, 1.82) is 0 Å². The molecule has 9 heteroatoms. The molecule has 1 aliphatic carbocycles. The Hall–Kier alpha value is -2.68. The second-order valence-corrected chi connectivity index (χ2v) is 6.99. The van der Waals surface area contributed by atoms with Gasteiger partial charge in [-0.3, -0.25) is 19.5 Å². The fourth-order valence-electron chi connectivity index (χ4n) is 3.74. The third-order valence-electron chi connectivity index (χ3n) is 5.21. The van der Waals surface area contributed by atoms with E-state index in [-0.39, 0.29) is 23.2 Å². The molecular weight excluding hydrogens is 352 g/mol. The van der Waals surface area contributed by atoms with Crippen molar-refractivity contribution in [3.05, 3.63) is 38.9 Å². The van der Waals surface area contributed by atoms with Gasteiger partial charge in [0.2, 0.25) is 5.91 Å². The molecule has 1 aromatic heterocycles. The van der Waals surface area contributed by atoms with Gasteiger partial charge >= 0.3 is 5.76 Å². The third kappa shape index (κ3) is 4.36. The molecule has 1 fully saturated rings. The quantitative estimate of drug-likeness (QED) is 0.560. The van der Waals surface area contributed by atoms with Gasteiger partial charge in [0.05, 0.1) is 16.5 Å². The van der Waals surface area contributed by atoms with E-state index in [1.165, 1.54) is 22.8 Å². The summed E-state index contributed by atoms with van der Waals surface area (Å²) in [6.45, 7) is 0.884. The molecule has 146 valence electrons. The van der Waals surface area contributed by atoms with E-state index in [2.05, 4.69) is 5.32 Å². The molecule has 9 nitrogen and oxygen atoms in total. The lowest BCUT2D eigenvalue weighted by Crippen LogP contribution is -2.44. The molecule has 0 radical (unpaired) electrons. The maximum Gasteiger partial charge on any atom is 0.419 e. The van der Waals surface area contributed by atoms with Crippen molar-refractivity contribution >= 4 is 22.7 Å². The minimum absolute atomic E-state index is 0.0446. The molecule has 1 aromatic carbocycles. The van der Waals surface area contributed by atoms with Gasteiger partial charge in [0.25, 0.3) is 5.69 Å². The van der Waals surface area contributed by atoms with Crippen LogP contribution in [0.1, 0.15) is 38.5 Å². The van der Waals surface area contributed by atoms with E-state index >= 15 is 0 Å². The molecule has 1 heterocycles. The van der Waals surface area contributed by atoms with Crippen molar-refractivity contribution in [2.45, 2.75) is 51.1 Å². The maximum atomic E-state index is 12.2. The van der Waals surface area contributed by atoms with Crippen LogP contribution in [0.25, 0.3) is 11.1 Å². The van der Waals surface area contributed by atoms with E-state index in [0.29, 0.717) is 37.4 Å². The predicted octanol–water partition coefficient (Wildman–Crippen LogP) is 1.92. The number of hydrogen-bond acceptors (Lipinski definition) is 6. The molecule has 2 aromatic rings. The number of nitro groups is 1. The molecule has 3 N–H and O–H groups in total. The van der Waals surface area contributed by atoms with Crippen molar-refractivity contribution in [3.8, 4) is 0 Å². The summed E-state index contributed by atoms with van der Waals surface area (Å²) in [6.07, 6.45) is 5.02. The maximum absolute atomic E-state index is 12.2. The summed E-state index contributed by atoms with van der Waals surface area (Å²) in [5.41, 5.74) is 6.32. The Morgan fingerprint density at radius 3 is 2.89 bits per heavy atom. The minimum atomic E-state index is -0.582. The summed E-state index contributed by atoms with van der Waals surface area (Å²) < 4.78 is 6.48. The van der Waals surface area contributed by atoms with Crippen molar-refractivity contribution in [3.63, 3.8) is 0 Å². The van der Waals surface area contributed by atoms with Crippen LogP contribution < -0.4 is 16.8 Å². The lowest BCUT2D eigenvalue weighted by atomic mass is 9.84. The number of carbonyl (C=O) groups excluding carboxylic acids is 1. The van der Waals surface area contributed by atoms with Crippen LogP contribution in [-0.2, 0) is 11.3 Å². The van der Waals surface area contributed by atoms with Gasteiger partial charge in [-0.15, -0.1) is 0 Å². The number of benzene rings is 1. The van der Waals surface area contributed by atoms with Crippen LogP contribution in [0.4, 0.5) is 5.69 Å². The number of hydrogen-bond donors (Lipinski definition) is 2. The number of non-ortho nitro benzene ring substituents is 1. The van der Waals surface area contributed by atoms with E-state index < -0.39 is 10.7 Å². The summed E-state index contributed by atoms with van der Waals surface area (Å²) in [5, 5.41) is 13.9. The number of carbonyl (C=O) groups is 1. The number of rotatable bonds is 7. The highest BCUT2D eigenvalue weighted by Crippen LogP contribution is 2.24. The van der Waals surface area contributed by atoms with Crippen LogP contribution in [-0.4, -0.2) is 28.0 Å². The molecule has 1 aliphatic rings. The highest BCUT2D eigenvalue weighted by Gasteiger charge is 2.25. The zero-order valence-corrected chi connectivity index (χ0v) is 15.1. The number of nitro benzene ring substituents is 1. The highest BCUT2D eigenvalue weighted by molar-refractivity contribution is 5.77. The summed E-state index contributed by atoms with van der Waals surface area (Å²) >= 11 is 0. The Balaban J connectivity index is 1.58. The molecule has 0 bridgehead atoms. The van der Waals surface area contributed by atoms with Gasteiger partial charge in [-0.2, -0.15) is 0 Å². The van der Waals surface area contributed by atoms with Crippen LogP contribution in [0, 0.1) is 16.0 Å². The topological polar surface area (TPSA) is 133 Å². The molecule has 1 saturated carbocycles. The van der Waals surface area contributed by atoms with Gasteiger partial charge in [-0.1, -0.05) is 12.8 Å². The van der Waals surface area contributed by atoms with E-state index in [0.717, 1.165) is 25.7 Å². The zero-order chi connectivity index (χ0) is 19.4. The molecule has 2 atom stereocenters. The Bertz CT molecular complexity index is 887. The summed E-state index contributed by atoms with van der Waals surface area (Å²) in [5.74, 6) is -0.294. The Morgan fingerprint density at radius 1 is 1.37 bits per heavy atom. The first-order valence-corrected chi connectivity index (χ1v) is 9.27. The molecule has 0 spiro atoms. The van der Waals surface area contributed by atoms with Gasteiger partial charge in [-0.25, -0.2) is 4.79 Å². The van der Waals surface area contributed by atoms with Crippen molar-refractivity contribution in [2.24, 2.45) is 11.7 Å². The first-order chi connectivity index (χ1) is 13.0. The highest BCUT2D eigenvalue weighted by atomic mass is 16.6. The molecule has 0 aliphatic heterocycles. The van der Waals surface area contributed by atoms with Gasteiger partial charge in [0.1, 0.15) is 0 Å². The Kier molecular flexibility index (Phi) is 5.90. The Morgan fingerprint density at radius 2 is 2.15 bits per heavy atom. The number of aryl methyl sites for hydroxylation is 1. The van der Waals surface area contributed by atoms with Crippen molar-refractivity contribution in [2.75, 3.05) is 6.54 Å². The zero-order valence-electron chi connectivity index (χ0n) is 15.1. The minimum Gasteiger partial charge on any atom is -0.407 e. The normalized spacial score (nSPS) is 19.9. The number of oxazole rings is 1. The fraction of sp³-hybridized carbons (Fsp3) is 0.556. The van der Waals surface area contributed by atoms with E-state index in [9.17, 15) is 19.7 Å². The number of amides is 1. The first-order valence-electron chi connectivity index (χ1n) is 9.27. The predicted molar refractivity (Wildman–Crippen MR) is 99.3 cm³/mol. The number of nitrogens with two attached hydrogens (primary N) is 1. The van der Waals surface area contributed by atoms with Crippen LogP contribution in [0.15, 0.2) is 27.4 Å². The number of aromatic nitrogens is 1. The molecule has 0 saturated heterocycles. The van der Waals surface area contributed by atoms with Gasteiger partial charge in [-0.05, 0) is 37.8 Å². The standard InChI is InChI=1S/C18H24N4O5/c19-11-12-4-1-2-5-14(12)20-17(23)6-3-9-21-15-8-7-13(22(25)26)10-16(15)27-18(21)24/h7-8,10,12,14H,1-6,9,11,19H2,(H,20,23). The Labute approximate surface area is 155 Å². The summed E-state index contributed by atoms with van der Waals surface area (Å²) in [6, 6.07) is 4.19. The number of fused-ring (bicyclic) bond motifs is 1. The van der Waals surface area contributed by atoms with Gasteiger partial charge < -0.3 is 15.5 Å². The largest absolute Gasteiger partial charge is 0.419 e. The van der Waals surface area contributed by atoms with Gasteiger partial charge in [0.15, 0.2) is 5.58 Å². The molecule has 3 rings (SSSR count). The summed E-state index contributed by atoms with van der Waals surface area (Å²) in [7, 11) is 0. The van der Waals surface area contributed by atoms with E-state index in [1.807, 2.05) is 0 Å². The molecule has 2 unspecified atom stereocenters. The summed E-state index contributed by atoms with van der Waals surface area (Å²) in [4.78, 5) is 34.5. The first kappa shape index (κ1) is 19.1. The van der Waals surface area contributed by atoms with Crippen LogP contribution in [0.3, 0.4) is 0 Å². The van der Waals surface area contributed by atoms with Crippen molar-refractivity contribution in [1.82, 2.24) is 9.88 Å². The van der Waals surface area contributed by atoms with E-state index in [1.54, 1.807) is 0 Å². The van der Waals surface area contributed by atoms with Crippen LogP contribution in [0.5, 0.6) is 0 Å². The molecule has 1 amide bonds. The lowest BCUT2D eigenvalue weighted by Gasteiger charge is -2.31. The second-order valence-electron chi connectivity index (χ2n) is 6.99. The van der Waals surface area contributed by atoms with Crippen molar-refractivity contribution < 1.29 is 14.1 Å². The number of nitrogens with zero attached hydrogens (tertiary/aromatic N) is 2. The van der Waals surface area contributed by atoms with Crippen LogP contribution in [0.2, 0.25) is 0 Å².